The molecule has 2 aromatic rings. The molecule has 1 fully saturated rings. The number of benzene rings is 1. The van der Waals surface area contributed by atoms with E-state index in [1.54, 1.807) is 34.4 Å². The van der Waals surface area contributed by atoms with Gasteiger partial charge in [-0.25, -0.2) is 13.4 Å². The molecule has 0 spiro atoms. The van der Waals surface area contributed by atoms with E-state index < -0.39 is 10.0 Å². The fraction of sp³-hybridized carbons (Fsp3) is 0.471. The monoisotopic (exact) mass is 380 g/mol. The Morgan fingerprint density at radius 1 is 1.40 bits per heavy atom. The number of aromatic nitrogens is 1. The first kappa shape index (κ1) is 18.6. The number of thioether (sulfide) groups is 1. The summed E-state index contributed by atoms with van der Waals surface area (Å²) in [4.78, 5) is 4.73. The Morgan fingerprint density at radius 2 is 2.24 bits per heavy atom. The van der Waals surface area contributed by atoms with Crippen molar-refractivity contribution in [1.29, 1.82) is 0 Å². The highest BCUT2D eigenvalue weighted by Crippen LogP contribution is 2.29. The number of fused-ring (bicyclic) bond motifs is 1. The zero-order valence-electron chi connectivity index (χ0n) is 14.3. The summed E-state index contributed by atoms with van der Waals surface area (Å²) in [5.74, 6) is 0.782. The zero-order chi connectivity index (χ0) is 17.9. The first-order valence-electron chi connectivity index (χ1n) is 8.48. The highest BCUT2D eigenvalue weighted by molar-refractivity contribution is 7.99. The predicted octanol–water partition coefficient (Wildman–Crippen LogP) is 1.66. The number of rotatable bonds is 5. The Labute approximate surface area is 153 Å². The van der Waals surface area contributed by atoms with Gasteiger partial charge in [0.25, 0.3) is 0 Å². The molecular formula is C17H24N4O2S2. The average molecular weight is 381 g/mol. The van der Waals surface area contributed by atoms with Gasteiger partial charge in [-0.2, -0.15) is 4.31 Å². The van der Waals surface area contributed by atoms with E-state index in [0.29, 0.717) is 24.5 Å². The second-order valence-corrected chi connectivity index (χ2v) is 9.13. The van der Waals surface area contributed by atoms with Crippen molar-refractivity contribution >= 4 is 32.6 Å². The van der Waals surface area contributed by atoms with Crippen LogP contribution in [-0.4, -0.2) is 55.7 Å². The van der Waals surface area contributed by atoms with Crippen LogP contribution in [0.25, 0.3) is 10.8 Å². The van der Waals surface area contributed by atoms with Gasteiger partial charge in [0.05, 0.1) is 4.90 Å². The number of sulfonamides is 1. The minimum absolute atomic E-state index is 0.0590. The Balaban J connectivity index is 1.98. The van der Waals surface area contributed by atoms with Crippen LogP contribution in [0, 0.1) is 0 Å². The van der Waals surface area contributed by atoms with E-state index in [0.717, 1.165) is 34.5 Å². The van der Waals surface area contributed by atoms with Gasteiger partial charge in [0.15, 0.2) is 0 Å². The van der Waals surface area contributed by atoms with Gasteiger partial charge in [-0.15, -0.1) is 11.8 Å². The molecule has 0 saturated carbocycles. The molecule has 3 N–H and O–H groups in total. The van der Waals surface area contributed by atoms with Gasteiger partial charge in [0.1, 0.15) is 5.03 Å². The van der Waals surface area contributed by atoms with Crippen LogP contribution in [0.4, 0.5) is 0 Å². The second kappa shape index (κ2) is 8.01. The molecule has 0 bridgehead atoms. The molecule has 8 heteroatoms. The number of nitrogens with two attached hydrogens (primary N) is 1. The molecule has 1 aromatic heterocycles. The molecule has 0 aliphatic carbocycles. The van der Waals surface area contributed by atoms with Gasteiger partial charge in [0, 0.05) is 43.0 Å². The predicted molar refractivity (Wildman–Crippen MR) is 102 cm³/mol. The molecule has 0 amide bonds. The number of hydrogen-bond donors (Lipinski definition) is 2. The molecule has 6 nitrogen and oxygen atoms in total. The lowest BCUT2D eigenvalue weighted by Crippen LogP contribution is -2.41. The van der Waals surface area contributed by atoms with Crippen molar-refractivity contribution in [2.75, 3.05) is 31.9 Å². The SMILES string of the molecule is C[C@H]1CNCCCN1S(=O)(=O)c1ccc2c(SCCN)nccc2c1. The van der Waals surface area contributed by atoms with Gasteiger partial charge < -0.3 is 11.1 Å². The van der Waals surface area contributed by atoms with Crippen LogP contribution < -0.4 is 11.1 Å². The van der Waals surface area contributed by atoms with E-state index >= 15 is 0 Å². The quantitative estimate of drug-likeness (QED) is 0.767. The minimum atomic E-state index is -3.51. The van der Waals surface area contributed by atoms with Gasteiger partial charge in [-0.3, -0.25) is 0 Å². The van der Waals surface area contributed by atoms with E-state index in [1.165, 1.54) is 0 Å². The molecule has 0 radical (unpaired) electrons. The molecule has 0 unspecified atom stereocenters. The van der Waals surface area contributed by atoms with E-state index in [2.05, 4.69) is 10.3 Å². The summed E-state index contributed by atoms with van der Waals surface area (Å²) >= 11 is 1.59. The Kier molecular flexibility index (Phi) is 5.96. The Bertz CT molecular complexity index is 842. The number of nitrogens with one attached hydrogen (secondary N) is 1. The van der Waals surface area contributed by atoms with Crippen molar-refractivity contribution in [3.05, 3.63) is 30.5 Å². The molecule has 136 valence electrons. The van der Waals surface area contributed by atoms with Crippen LogP contribution in [0.1, 0.15) is 13.3 Å². The van der Waals surface area contributed by atoms with Crippen LogP contribution in [0.15, 0.2) is 40.4 Å². The summed E-state index contributed by atoms with van der Waals surface area (Å²) in [5.41, 5.74) is 5.57. The third kappa shape index (κ3) is 3.98. The molecule has 2 heterocycles. The fourth-order valence-corrected chi connectivity index (χ4v) is 5.54. The standard InChI is InChI=1S/C17H24N4O2S2/c1-13-12-19-7-2-9-21(13)25(22,23)15-3-4-16-14(11-15)5-8-20-17(16)24-10-6-18/h3-5,8,11,13,19H,2,6-7,9-10,12,18H2,1H3/t13-/m0/s1. The topological polar surface area (TPSA) is 88.3 Å². The van der Waals surface area contributed by atoms with Crippen molar-refractivity contribution in [3.63, 3.8) is 0 Å². The first-order chi connectivity index (χ1) is 12.0. The lowest BCUT2D eigenvalue weighted by atomic mass is 10.2. The molecule has 25 heavy (non-hydrogen) atoms. The van der Waals surface area contributed by atoms with Gasteiger partial charge >= 0.3 is 0 Å². The van der Waals surface area contributed by atoms with E-state index in [9.17, 15) is 8.42 Å². The molecular weight excluding hydrogens is 356 g/mol. The van der Waals surface area contributed by atoms with Crippen molar-refractivity contribution in [3.8, 4) is 0 Å². The maximum Gasteiger partial charge on any atom is 0.243 e. The van der Waals surface area contributed by atoms with E-state index in [4.69, 9.17) is 5.73 Å². The van der Waals surface area contributed by atoms with Crippen molar-refractivity contribution in [2.24, 2.45) is 5.73 Å². The van der Waals surface area contributed by atoms with Crippen molar-refractivity contribution in [2.45, 2.75) is 29.3 Å². The normalized spacial score (nSPS) is 19.8. The number of hydrogen-bond acceptors (Lipinski definition) is 6. The third-order valence-corrected chi connectivity index (χ3v) is 7.37. The van der Waals surface area contributed by atoms with Crippen molar-refractivity contribution < 1.29 is 8.42 Å². The largest absolute Gasteiger partial charge is 0.330 e. The van der Waals surface area contributed by atoms with Gasteiger partial charge in [0.2, 0.25) is 10.0 Å². The summed E-state index contributed by atoms with van der Waals surface area (Å²) in [6.45, 7) is 4.60. The van der Waals surface area contributed by atoms with Crippen LogP contribution in [0.2, 0.25) is 0 Å². The Hall–Kier alpha value is -1.19. The maximum atomic E-state index is 13.1. The molecule has 1 aromatic carbocycles. The van der Waals surface area contributed by atoms with Crippen LogP contribution in [-0.2, 0) is 10.0 Å². The lowest BCUT2D eigenvalue weighted by molar-refractivity contribution is 0.353. The summed E-state index contributed by atoms with van der Waals surface area (Å²) < 4.78 is 27.8. The van der Waals surface area contributed by atoms with Crippen LogP contribution >= 0.6 is 11.8 Å². The minimum Gasteiger partial charge on any atom is -0.330 e. The van der Waals surface area contributed by atoms with Crippen molar-refractivity contribution in [1.82, 2.24) is 14.6 Å². The maximum absolute atomic E-state index is 13.1. The van der Waals surface area contributed by atoms with Gasteiger partial charge in [-0.05, 0) is 43.5 Å². The zero-order valence-corrected chi connectivity index (χ0v) is 15.9. The van der Waals surface area contributed by atoms with Gasteiger partial charge in [-0.1, -0.05) is 6.07 Å². The first-order valence-corrected chi connectivity index (χ1v) is 10.9. The second-order valence-electron chi connectivity index (χ2n) is 6.16. The van der Waals surface area contributed by atoms with Crippen LogP contribution in [0.3, 0.4) is 0 Å². The highest BCUT2D eigenvalue weighted by atomic mass is 32.2. The number of pyridine rings is 1. The Morgan fingerprint density at radius 3 is 3.04 bits per heavy atom. The van der Waals surface area contributed by atoms with E-state index in [-0.39, 0.29) is 6.04 Å². The van der Waals surface area contributed by atoms with E-state index in [1.807, 2.05) is 19.1 Å². The molecule has 1 aliphatic rings. The summed E-state index contributed by atoms with van der Waals surface area (Å²) in [6, 6.07) is 7.10. The summed E-state index contributed by atoms with van der Waals surface area (Å²) in [5, 5.41) is 6.02. The fourth-order valence-electron chi connectivity index (χ4n) is 3.04. The van der Waals surface area contributed by atoms with Crippen LogP contribution in [0.5, 0.6) is 0 Å². The third-order valence-electron chi connectivity index (χ3n) is 4.33. The smallest absolute Gasteiger partial charge is 0.243 e. The molecule has 1 aliphatic heterocycles. The summed E-state index contributed by atoms with van der Waals surface area (Å²) in [6.07, 6.45) is 2.54. The molecule has 1 atom stereocenters. The average Bonchev–Trinajstić information content (AvgIpc) is 2.84. The summed E-state index contributed by atoms with van der Waals surface area (Å²) in [7, 11) is -3.51. The lowest BCUT2D eigenvalue weighted by Gasteiger charge is -2.26. The molecule has 3 rings (SSSR count). The highest BCUT2D eigenvalue weighted by Gasteiger charge is 2.30. The number of nitrogens with zero attached hydrogens (tertiary/aromatic N) is 2. The molecule has 1 saturated heterocycles.